The Morgan fingerprint density at radius 3 is 2.31 bits per heavy atom. The van der Waals surface area contributed by atoms with E-state index in [1.807, 2.05) is 0 Å². The van der Waals surface area contributed by atoms with E-state index in [2.05, 4.69) is 12.2 Å². The van der Waals surface area contributed by atoms with Gasteiger partial charge < -0.3 is 0 Å². The first-order valence-corrected chi connectivity index (χ1v) is 6.45. The molecule has 0 radical (unpaired) electrons. The van der Waals surface area contributed by atoms with E-state index in [-0.39, 0.29) is 23.1 Å². The van der Waals surface area contributed by atoms with Crippen LogP contribution in [0.3, 0.4) is 0 Å². The van der Waals surface area contributed by atoms with Crippen molar-refractivity contribution in [3.63, 3.8) is 0 Å². The minimum absolute atomic E-state index is 0.0272. The molecule has 3 nitrogen and oxygen atoms in total. The van der Waals surface area contributed by atoms with Gasteiger partial charge in [-0.25, -0.2) is 0 Å². The van der Waals surface area contributed by atoms with Gasteiger partial charge in [0, 0.05) is 12.3 Å². The number of carbonyl (C=O) groups is 2. The molecule has 2 fully saturated rings. The molecule has 0 spiro atoms. The van der Waals surface area contributed by atoms with Crippen molar-refractivity contribution >= 4 is 11.8 Å². The number of rotatable bonds is 1. The SMILES string of the molecule is CC1(C2CCC(=O)NC2=O)CCCCCC1. The molecule has 1 aliphatic carbocycles. The summed E-state index contributed by atoms with van der Waals surface area (Å²) in [6.07, 6.45) is 8.60. The molecule has 0 aromatic heterocycles. The van der Waals surface area contributed by atoms with Crippen LogP contribution in [-0.4, -0.2) is 11.8 Å². The highest BCUT2D eigenvalue weighted by atomic mass is 16.2. The number of imide groups is 1. The molecule has 2 amide bonds. The van der Waals surface area contributed by atoms with Crippen molar-refractivity contribution in [2.45, 2.75) is 58.3 Å². The summed E-state index contributed by atoms with van der Waals surface area (Å²) in [5.41, 5.74) is 0.126. The fourth-order valence-corrected chi connectivity index (χ4v) is 3.24. The number of carbonyl (C=O) groups excluding carboxylic acids is 2. The van der Waals surface area contributed by atoms with Crippen LogP contribution < -0.4 is 5.32 Å². The van der Waals surface area contributed by atoms with Gasteiger partial charge >= 0.3 is 0 Å². The van der Waals surface area contributed by atoms with Crippen molar-refractivity contribution in [1.29, 1.82) is 0 Å². The van der Waals surface area contributed by atoms with Crippen LogP contribution in [-0.2, 0) is 9.59 Å². The van der Waals surface area contributed by atoms with Gasteiger partial charge in [-0.1, -0.05) is 32.6 Å². The van der Waals surface area contributed by atoms with E-state index in [4.69, 9.17) is 0 Å². The van der Waals surface area contributed by atoms with Crippen molar-refractivity contribution in [2.24, 2.45) is 11.3 Å². The second-order valence-corrected chi connectivity index (χ2v) is 5.57. The Labute approximate surface area is 97.0 Å². The molecule has 1 unspecified atom stereocenters. The number of hydrogen-bond acceptors (Lipinski definition) is 2. The zero-order valence-electron chi connectivity index (χ0n) is 10.1. The fourth-order valence-electron chi connectivity index (χ4n) is 3.24. The van der Waals surface area contributed by atoms with Gasteiger partial charge in [0.05, 0.1) is 0 Å². The van der Waals surface area contributed by atoms with Crippen LogP contribution in [0.15, 0.2) is 0 Å². The number of piperidine rings is 1. The smallest absolute Gasteiger partial charge is 0.230 e. The molecule has 1 heterocycles. The van der Waals surface area contributed by atoms with E-state index in [1.54, 1.807) is 0 Å². The molecule has 0 aromatic carbocycles. The summed E-state index contributed by atoms with van der Waals surface area (Å²) in [6, 6.07) is 0. The molecule has 1 aliphatic heterocycles. The third kappa shape index (κ3) is 2.28. The van der Waals surface area contributed by atoms with Crippen LogP contribution in [0.4, 0.5) is 0 Å². The first-order chi connectivity index (χ1) is 7.62. The molecule has 0 aromatic rings. The van der Waals surface area contributed by atoms with Gasteiger partial charge in [0.2, 0.25) is 11.8 Å². The van der Waals surface area contributed by atoms with E-state index in [0.717, 1.165) is 19.3 Å². The first-order valence-electron chi connectivity index (χ1n) is 6.45. The van der Waals surface area contributed by atoms with Gasteiger partial charge in [-0.2, -0.15) is 0 Å². The molecule has 90 valence electrons. The minimum atomic E-state index is -0.0986. The lowest BCUT2D eigenvalue weighted by atomic mass is 9.68. The summed E-state index contributed by atoms with van der Waals surface area (Å²) in [7, 11) is 0. The molecule has 0 bridgehead atoms. The lowest BCUT2D eigenvalue weighted by Gasteiger charge is -2.38. The zero-order chi connectivity index (χ0) is 11.6. The molecular formula is C13H21NO2. The van der Waals surface area contributed by atoms with E-state index < -0.39 is 0 Å². The summed E-state index contributed by atoms with van der Waals surface area (Å²) < 4.78 is 0. The summed E-state index contributed by atoms with van der Waals surface area (Å²) in [5, 5.41) is 2.49. The Hall–Kier alpha value is -0.860. The summed E-state index contributed by atoms with van der Waals surface area (Å²) in [6.45, 7) is 2.23. The largest absolute Gasteiger partial charge is 0.296 e. The lowest BCUT2D eigenvalue weighted by molar-refractivity contribution is -0.140. The maximum absolute atomic E-state index is 11.9. The average molecular weight is 223 g/mol. The fraction of sp³-hybridized carbons (Fsp3) is 0.846. The Balaban J connectivity index is 2.09. The second kappa shape index (κ2) is 4.56. The standard InChI is InChI=1S/C13H21NO2/c1-13(8-4-2-3-5-9-13)10-6-7-11(15)14-12(10)16/h10H,2-9H2,1H3,(H,14,15,16). The average Bonchev–Trinajstić information content (AvgIpc) is 2.43. The summed E-state index contributed by atoms with van der Waals surface area (Å²) >= 11 is 0. The summed E-state index contributed by atoms with van der Waals surface area (Å²) in [5.74, 6) is -0.0672. The van der Waals surface area contributed by atoms with E-state index in [9.17, 15) is 9.59 Å². The van der Waals surface area contributed by atoms with Gasteiger partial charge in [0.15, 0.2) is 0 Å². The molecule has 2 aliphatic rings. The van der Waals surface area contributed by atoms with Gasteiger partial charge in [-0.05, 0) is 24.7 Å². The highest BCUT2D eigenvalue weighted by Crippen LogP contribution is 2.43. The second-order valence-electron chi connectivity index (χ2n) is 5.57. The normalized spacial score (nSPS) is 30.7. The topological polar surface area (TPSA) is 46.2 Å². The first kappa shape index (κ1) is 11.6. The van der Waals surface area contributed by atoms with Gasteiger partial charge in [-0.15, -0.1) is 0 Å². The Morgan fingerprint density at radius 2 is 1.75 bits per heavy atom. The molecule has 1 atom stereocenters. The van der Waals surface area contributed by atoms with Crippen LogP contribution >= 0.6 is 0 Å². The van der Waals surface area contributed by atoms with Crippen molar-refractivity contribution in [3.8, 4) is 0 Å². The van der Waals surface area contributed by atoms with Crippen molar-refractivity contribution in [2.75, 3.05) is 0 Å². The van der Waals surface area contributed by atoms with Crippen molar-refractivity contribution in [3.05, 3.63) is 0 Å². The number of hydrogen-bond donors (Lipinski definition) is 1. The quantitative estimate of drug-likeness (QED) is 0.548. The molecule has 2 rings (SSSR count). The van der Waals surface area contributed by atoms with Crippen molar-refractivity contribution in [1.82, 2.24) is 5.32 Å². The van der Waals surface area contributed by atoms with Gasteiger partial charge in [0.25, 0.3) is 0 Å². The van der Waals surface area contributed by atoms with Crippen LogP contribution in [0.25, 0.3) is 0 Å². The minimum Gasteiger partial charge on any atom is -0.296 e. The third-order valence-corrected chi connectivity index (χ3v) is 4.33. The zero-order valence-corrected chi connectivity index (χ0v) is 10.1. The predicted molar refractivity (Wildman–Crippen MR) is 61.7 cm³/mol. The number of amides is 2. The molecule has 1 N–H and O–H groups in total. The Kier molecular flexibility index (Phi) is 3.31. The lowest BCUT2D eigenvalue weighted by Crippen LogP contribution is -2.47. The van der Waals surface area contributed by atoms with Crippen molar-refractivity contribution < 1.29 is 9.59 Å². The van der Waals surface area contributed by atoms with Gasteiger partial charge in [-0.3, -0.25) is 14.9 Å². The van der Waals surface area contributed by atoms with Gasteiger partial charge in [0.1, 0.15) is 0 Å². The maximum Gasteiger partial charge on any atom is 0.230 e. The van der Waals surface area contributed by atoms with Crippen LogP contribution in [0.2, 0.25) is 0 Å². The van der Waals surface area contributed by atoms with Crippen LogP contribution in [0, 0.1) is 11.3 Å². The Morgan fingerprint density at radius 1 is 1.12 bits per heavy atom. The molecule has 16 heavy (non-hydrogen) atoms. The maximum atomic E-state index is 11.9. The van der Waals surface area contributed by atoms with E-state index in [0.29, 0.717) is 6.42 Å². The molecule has 3 heteroatoms. The van der Waals surface area contributed by atoms with E-state index in [1.165, 1.54) is 25.7 Å². The third-order valence-electron chi connectivity index (χ3n) is 4.33. The molecule has 1 saturated heterocycles. The molecular weight excluding hydrogens is 202 g/mol. The van der Waals surface area contributed by atoms with Crippen LogP contribution in [0.1, 0.15) is 58.3 Å². The van der Waals surface area contributed by atoms with Crippen LogP contribution in [0.5, 0.6) is 0 Å². The Bertz CT molecular complexity index is 290. The predicted octanol–water partition coefficient (Wildman–Crippen LogP) is 2.40. The highest BCUT2D eigenvalue weighted by molar-refractivity contribution is 5.98. The van der Waals surface area contributed by atoms with E-state index >= 15 is 0 Å². The molecule has 1 saturated carbocycles. The monoisotopic (exact) mass is 223 g/mol. The number of nitrogens with one attached hydrogen (secondary N) is 1. The highest BCUT2D eigenvalue weighted by Gasteiger charge is 2.41. The summed E-state index contributed by atoms with van der Waals surface area (Å²) in [4.78, 5) is 23.0.